The van der Waals surface area contributed by atoms with Gasteiger partial charge in [0.05, 0.1) is 6.61 Å². The quantitative estimate of drug-likeness (QED) is 0.843. The largest absolute Gasteiger partial charge is 0.494 e. The Labute approximate surface area is 145 Å². The first-order chi connectivity index (χ1) is 11.4. The molecule has 0 aliphatic carbocycles. The molecule has 130 valence electrons. The van der Waals surface area contributed by atoms with E-state index in [4.69, 9.17) is 16.3 Å². The van der Waals surface area contributed by atoms with Crippen molar-refractivity contribution in [3.63, 3.8) is 0 Å². The van der Waals surface area contributed by atoms with Crippen molar-refractivity contribution < 1.29 is 19.1 Å². The van der Waals surface area contributed by atoms with Crippen molar-refractivity contribution in [3.05, 3.63) is 28.8 Å². The summed E-state index contributed by atoms with van der Waals surface area (Å²) in [5.74, 6) is -0.00973. The highest BCUT2D eigenvalue weighted by atomic mass is 35.5. The molecule has 2 rings (SSSR count). The van der Waals surface area contributed by atoms with Crippen LogP contribution in [0.2, 0.25) is 5.02 Å². The number of hydrogen-bond donors (Lipinski definition) is 2. The minimum Gasteiger partial charge on any atom is -0.494 e. The highest BCUT2D eigenvalue weighted by Gasteiger charge is 2.28. The van der Waals surface area contributed by atoms with Crippen molar-refractivity contribution in [2.24, 2.45) is 0 Å². The lowest BCUT2D eigenvalue weighted by atomic mass is 10.1. The van der Waals surface area contributed by atoms with Gasteiger partial charge < -0.3 is 15.0 Å². The van der Waals surface area contributed by atoms with Gasteiger partial charge in [0.15, 0.2) is 0 Å². The molecule has 2 N–H and O–H groups in total. The molecule has 0 saturated carbocycles. The Morgan fingerprint density at radius 3 is 2.88 bits per heavy atom. The molecule has 8 heteroatoms. The van der Waals surface area contributed by atoms with Crippen LogP contribution in [0.15, 0.2) is 18.2 Å². The van der Waals surface area contributed by atoms with Gasteiger partial charge in [-0.05, 0) is 31.5 Å². The number of amides is 4. The first-order valence-corrected chi connectivity index (χ1v) is 8.05. The molecule has 0 aromatic heterocycles. The van der Waals surface area contributed by atoms with Gasteiger partial charge in [0, 0.05) is 30.6 Å². The standard InChI is InChI=1S/C16H20ClN3O4/c1-3-24-13-6-4-11(17)8-10(13)9-20(2)15(22)12-5-7-14(21)19-16(23)18-12/h4,6,8,12H,3,5,7,9H2,1-2H3,(H2,18,19,21,23). The van der Waals surface area contributed by atoms with Gasteiger partial charge in [0.25, 0.3) is 0 Å². The van der Waals surface area contributed by atoms with E-state index >= 15 is 0 Å². The number of nitrogens with zero attached hydrogens (tertiary/aromatic N) is 1. The van der Waals surface area contributed by atoms with E-state index in [2.05, 4.69) is 10.6 Å². The molecule has 0 bridgehead atoms. The monoisotopic (exact) mass is 353 g/mol. The zero-order chi connectivity index (χ0) is 17.7. The Hall–Kier alpha value is -2.28. The van der Waals surface area contributed by atoms with E-state index in [9.17, 15) is 14.4 Å². The van der Waals surface area contributed by atoms with Crippen LogP contribution in [0.4, 0.5) is 4.79 Å². The number of halogens is 1. The summed E-state index contributed by atoms with van der Waals surface area (Å²) in [6.45, 7) is 2.65. The predicted octanol–water partition coefficient (Wildman–Crippen LogP) is 1.69. The third kappa shape index (κ3) is 4.61. The normalized spacial score (nSPS) is 17.5. The van der Waals surface area contributed by atoms with E-state index in [1.165, 1.54) is 4.90 Å². The lowest BCUT2D eigenvalue weighted by molar-refractivity contribution is -0.132. The van der Waals surface area contributed by atoms with Crippen molar-refractivity contribution in [1.82, 2.24) is 15.5 Å². The molecule has 7 nitrogen and oxygen atoms in total. The molecule has 1 aliphatic heterocycles. The minimum atomic E-state index is -0.740. The smallest absolute Gasteiger partial charge is 0.322 e. The van der Waals surface area contributed by atoms with Crippen molar-refractivity contribution in [3.8, 4) is 5.75 Å². The van der Waals surface area contributed by atoms with Crippen molar-refractivity contribution in [1.29, 1.82) is 0 Å². The Bertz CT molecular complexity index is 650. The lowest BCUT2D eigenvalue weighted by Gasteiger charge is -2.24. The molecule has 0 spiro atoms. The number of carbonyl (C=O) groups excluding carboxylic acids is 3. The number of ether oxygens (including phenoxy) is 1. The third-order valence-electron chi connectivity index (χ3n) is 3.62. The second kappa shape index (κ2) is 8.01. The fourth-order valence-corrected chi connectivity index (χ4v) is 2.68. The Balaban J connectivity index is 2.10. The second-order valence-corrected chi connectivity index (χ2v) is 5.93. The SMILES string of the molecule is CCOc1ccc(Cl)cc1CN(C)C(=O)C1CCC(=O)NC(=O)N1. The van der Waals surface area contributed by atoms with E-state index in [0.717, 1.165) is 5.56 Å². The van der Waals surface area contributed by atoms with Crippen LogP contribution in [0.25, 0.3) is 0 Å². The van der Waals surface area contributed by atoms with Crippen molar-refractivity contribution in [2.45, 2.75) is 32.4 Å². The molecule has 4 amide bonds. The summed E-state index contributed by atoms with van der Waals surface area (Å²) in [6.07, 6.45) is 0.374. The van der Waals surface area contributed by atoms with E-state index in [0.29, 0.717) is 17.4 Å². The average molecular weight is 354 g/mol. The van der Waals surface area contributed by atoms with Crippen molar-refractivity contribution >= 4 is 29.4 Å². The van der Waals surface area contributed by atoms with Crippen LogP contribution >= 0.6 is 11.6 Å². The maximum Gasteiger partial charge on any atom is 0.322 e. The molecule has 1 fully saturated rings. The fraction of sp³-hybridized carbons (Fsp3) is 0.438. The first-order valence-electron chi connectivity index (χ1n) is 7.67. The Morgan fingerprint density at radius 2 is 2.17 bits per heavy atom. The third-order valence-corrected chi connectivity index (χ3v) is 3.86. The highest BCUT2D eigenvalue weighted by molar-refractivity contribution is 6.30. The van der Waals surface area contributed by atoms with Crippen molar-refractivity contribution in [2.75, 3.05) is 13.7 Å². The van der Waals surface area contributed by atoms with Gasteiger partial charge in [0.2, 0.25) is 11.8 Å². The Morgan fingerprint density at radius 1 is 1.42 bits per heavy atom. The van der Waals surface area contributed by atoms with Crippen LogP contribution in [0, 0.1) is 0 Å². The van der Waals surface area contributed by atoms with Crippen LogP contribution in [-0.4, -0.2) is 42.4 Å². The summed E-state index contributed by atoms with van der Waals surface area (Å²) in [7, 11) is 1.63. The van der Waals surface area contributed by atoms with Crippen LogP contribution < -0.4 is 15.4 Å². The molecule has 1 aromatic carbocycles. The average Bonchev–Trinajstić information content (AvgIpc) is 2.69. The number of carbonyl (C=O) groups is 3. The summed E-state index contributed by atoms with van der Waals surface area (Å²) in [6, 6.07) is 3.83. The van der Waals surface area contributed by atoms with Gasteiger partial charge in [0.1, 0.15) is 11.8 Å². The molecule has 1 aliphatic rings. The van der Waals surface area contributed by atoms with Crippen LogP contribution in [0.1, 0.15) is 25.3 Å². The van der Waals surface area contributed by atoms with Gasteiger partial charge in [-0.25, -0.2) is 4.79 Å². The number of urea groups is 1. The summed E-state index contributed by atoms with van der Waals surface area (Å²) < 4.78 is 5.55. The molecular weight excluding hydrogens is 334 g/mol. The molecular formula is C16H20ClN3O4. The number of hydrogen-bond acceptors (Lipinski definition) is 4. The van der Waals surface area contributed by atoms with Gasteiger partial charge in [-0.3, -0.25) is 14.9 Å². The number of benzene rings is 1. The topological polar surface area (TPSA) is 87.7 Å². The number of imide groups is 1. The van der Waals surface area contributed by atoms with E-state index in [1.807, 2.05) is 6.92 Å². The van der Waals surface area contributed by atoms with Crippen LogP contribution in [-0.2, 0) is 16.1 Å². The van der Waals surface area contributed by atoms with Crippen LogP contribution in [0.5, 0.6) is 5.75 Å². The molecule has 1 unspecified atom stereocenters. The van der Waals surface area contributed by atoms with Crippen LogP contribution in [0.3, 0.4) is 0 Å². The van der Waals surface area contributed by atoms with Gasteiger partial charge in [-0.2, -0.15) is 0 Å². The molecule has 1 atom stereocenters. The Kier molecular flexibility index (Phi) is 6.03. The molecule has 0 radical (unpaired) electrons. The lowest BCUT2D eigenvalue weighted by Crippen LogP contribution is -2.48. The number of nitrogens with one attached hydrogen (secondary N) is 2. The van der Waals surface area contributed by atoms with Gasteiger partial charge in [-0.15, -0.1) is 0 Å². The minimum absolute atomic E-state index is 0.115. The summed E-state index contributed by atoms with van der Waals surface area (Å²) in [5, 5.41) is 5.21. The molecule has 1 saturated heterocycles. The summed E-state index contributed by atoms with van der Waals surface area (Å²) in [4.78, 5) is 36.9. The molecule has 1 aromatic rings. The van der Waals surface area contributed by atoms with E-state index in [1.54, 1.807) is 25.2 Å². The highest BCUT2D eigenvalue weighted by Crippen LogP contribution is 2.24. The summed E-state index contributed by atoms with van der Waals surface area (Å²) in [5.41, 5.74) is 0.773. The zero-order valence-corrected chi connectivity index (χ0v) is 14.4. The van der Waals surface area contributed by atoms with E-state index in [-0.39, 0.29) is 31.2 Å². The fourth-order valence-electron chi connectivity index (χ4n) is 2.48. The first kappa shape index (κ1) is 18.1. The molecule has 1 heterocycles. The summed E-state index contributed by atoms with van der Waals surface area (Å²) >= 11 is 6.02. The second-order valence-electron chi connectivity index (χ2n) is 5.49. The maximum absolute atomic E-state index is 12.6. The zero-order valence-electron chi connectivity index (χ0n) is 13.6. The number of likely N-dealkylation sites (N-methyl/N-ethyl adjacent to an activating group) is 1. The maximum atomic E-state index is 12.6. The van der Waals surface area contributed by atoms with Gasteiger partial charge >= 0.3 is 6.03 Å². The predicted molar refractivity (Wildman–Crippen MR) is 88.8 cm³/mol. The van der Waals surface area contributed by atoms with Gasteiger partial charge in [-0.1, -0.05) is 11.6 Å². The van der Waals surface area contributed by atoms with E-state index < -0.39 is 12.1 Å². The number of rotatable bonds is 5. The molecule has 24 heavy (non-hydrogen) atoms.